The van der Waals surface area contributed by atoms with Crippen molar-refractivity contribution in [2.75, 3.05) is 13.2 Å². The average Bonchev–Trinajstić information content (AvgIpc) is 2.84. The molecule has 212 valence electrons. The average molecular weight is 599 g/mol. The molecule has 0 aromatic heterocycles. The van der Waals surface area contributed by atoms with Crippen molar-refractivity contribution in [3.05, 3.63) is 44.7 Å². The van der Waals surface area contributed by atoms with Crippen LogP contribution in [0.5, 0.6) is 11.5 Å². The van der Waals surface area contributed by atoms with Gasteiger partial charge in [-0.25, -0.2) is 0 Å². The normalized spacial score (nSPS) is 23.6. The largest absolute Gasteiger partial charge is 0.490 e. The Morgan fingerprint density at radius 2 is 1.36 bits per heavy atom. The molecule has 0 saturated heterocycles. The quantitative estimate of drug-likeness (QED) is 0.330. The molecule has 1 aromatic rings. The standard InChI is InChI=1S/C33H44BrNO4/c1-7-38-27-15-20(14-22(34)31(27)39-8-2)28-29-23(16-32(3,4)18-25(29)36)35(21-12-10-9-11-13-21)24-17-33(5,6)19-26(37)30(24)28/h14-15,21,28H,7-13,16-19H2,1-6H3. The molecule has 1 heterocycles. The summed E-state index contributed by atoms with van der Waals surface area (Å²) < 4.78 is 12.8. The fourth-order valence-electron chi connectivity index (χ4n) is 7.41. The number of ether oxygens (including phenoxy) is 2. The Morgan fingerprint density at radius 1 is 0.821 bits per heavy atom. The lowest BCUT2D eigenvalue weighted by molar-refractivity contribution is -0.119. The van der Waals surface area contributed by atoms with Gasteiger partial charge >= 0.3 is 0 Å². The molecule has 0 spiro atoms. The van der Waals surface area contributed by atoms with Gasteiger partial charge in [-0.15, -0.1) is 0 Å². The molecule has 6 heteroatoms. The Kier molecular flexibility index (Phi) is 7.82. The third-order valence-corrected chi connectivity index (χ3v) is 9.43. The molecule has 4 aliphatic rings. The van der Waals surface area contributed by atoms with Gasteiger partial charge in [-0.05, 0) is 84.0 Å². The smallest absolute Gasteiger partial charge is 0.175 e. The van der Waals surface area contributed by atoms with Gasteiger partial charge in [-0.3, -0.25) is 9.59 Å². The highest BCUT2D eigenvalue weighted by atomic mass is 79.9. The number of hydrogen-bond donors (Lipinski definition) is 0. The molecular formula is C33H44BrNO4. The predicted molar refractivity (Wildman–Crippen MR) is 158 cm³/mol. The lowest BCUT2D eigenvalue weighted by atomic mass is 9.63. The lowest BCUT2D eigenvalue weighted by Gasteiger charge is -2.52. The van der Waals surface area contributed by atoms with Crippen molar-refractivity contribution >= 4 is 27.5 Å². The van der Waals surface area contributed by atoms with Crippen LogP contribution >= 0.6 is 15.9 Å². The summed E-state index contributed by atoms with van der Waals surface area (Å²) in [7, 11) is 0. The molecule has 0 radical (unpaired) electrons. The number of halogens is 1. The van der Waals surface area contributed by atoms with Crippen LogP contribution < -0.4 is 9.47 Å². The van der Waals surface area contributed by atoms with E-state index in [2.05, 4.69) is 48.5 Å². The highest BCUT2D eigenvalue weighted by Crippen LogP contribution is 2.56. The Bertz CT molecular complexity index is 1180. The summed E-state index contributed by atoms with van der Waals surface area (Å²) in [5.74, 6) is 1.29. The van der Waals surface area contributed by atoms with Gasteiger partial charge in [-0.2, -0.15) is 0 Å². The van der Waals surface area contributed by atoms with Gasteiger partial charge in [0.1, 0.15) is 0 Å². The third kappa shape index (κ3) is 5.35. The number of carbonyl (C=O) groups excluding carboxylic acids is 2. The Hall–Kier alpha value is -2.08. The van der Waals surface area contributed by atoms with Crippen LogP contribution in [0.1, 0.15) is 111 Å². The van der Waals surface area contributed by atoms with Gasteiger partial charge in [-0.1, -0.05) is 47.0 Å². The predicted octanol–water partition coefficient (Wildman–Crippen LogP) is 8.26. The van der Waals surface area contributed by atoms with Crippen LogP contribution in [-0.2, 0) is 9.59 Å². The Labute approximate surface area is 242 Å². The maximum Gasteiger partial charge on any atom is 0.175 e. The molecule has 1 aromatic carbocycles. The van der Waals surface area contributed by atoms with Crippen molar-refractivity contribution in [2.24, 2.45) is 10.8 Å². The number of ketones is 2. The first-order valence-electron chi connectivity index (χ1n) is 14.9. The van der Waals surface area contributed by atoms with Crippen molar-refractivity contribution in [1.82, 2.24) is 4.90 Å². The second kappa shape index (κ2) is 10.7. The van der Waals surface area contributed by atoms with Crippen molar-refractivity contribution in [3.63, 3.8) is 0 Å². The van der Waals surface area contributed by atoms with Crippen LogP contribution in [0.25, 0.3) is 0 Å². The van der Waals surface area contributed by atoms with Crippen LogP contribution in [0.15, 0.2) is 39.1 Å². The molecule has 39 heavy (non-hydrogen) atoms. The maximum atomic E-state index is 14.1. The summed E-state index contributed by atoms with van der Waals surface area (Å²) in [5, 5.41) is 0. The fourth-order valence-corrected chi connectivity index (χ4v) is 7.99. The van der Waals surface area contributed by atoms with E-state index < -0.39 is 0 Å². The number of carbonyl (C=O) groups is 2. The summed E-state index contributed by atoms with van der Waals surface area (Å²) >= 11 is 3.74. The number of hydrogen-bond acceptors (Lipinski definition) is 5. The zero-order chi connectivity index (χ0) is 28.1. The first-order valence-corrected chi connectivity index (χ1v) is 15.7. The van der Waals surface area contributed by atoms with Crippen LogP contribution in [-0.4, -0.2) is 35.7 Å². The second-order valence-electron chi connectivity index (χ2n) is 13.4. The molecule has 1 aliphatic heterocycles. The van der Waals surface area contributed by atoms with Crippen LogP contribution in [0.2, 0.25) is 0 Å². The van der Waals surface area contributed by atoms with Crippen molar-refractivity contribution in [3.8, 4) is 11.5 Å². The number of allylic oxidation sites excluding steroid dienone is 4. The number of benzene rings is 1. The van der Waals surface area contributed by atoms with E-state index in [1.54, 1.807) is 0 Å². The molecule has 0 unspecified atom stereocenters. The van der Waals surface area contributed by atoms with E-state index in [4.69, 9.17) is 9.47 Å². The topological polar surface area (TPSA) is 55.8 Å². The molecule has 3 aliphatic carbocycles. The van der Waals surface area contributed by atoms with Gasteiger partial charge in [0.15, 0.2) is 23.1 Å². The summed E-state index contributed by atoms with van der Waals surface area (Å²) in [4.78, 5) is 30.8. The van der Waals surface area contributed by atoms with Gasteiger partial charge in [0.2, 0.25) is 0 Å². The molecule has 0 atom stereocenters. The SMILES string of the molecule is CCOc1cc(C2C3=C(CC(C)(C)CC3=O)N(C3CCCCC3)C3=C2C(=O)CC(C)(C)C3)cc(Br)c1OCC. The van der Waals surface area contributed by atoms with E-state index in [9.17, 15) is 9.59 Å². The molecule has 5 rings (SSSR count). The minimum atomic E-state index is -0.381. The Morgan fingerprint density at radius 3 is 1.87 bits per heavy atom. The van der Waals surface area contributed by atoms with Crippen LogP contribution in [0.4, 0.5) is 0 Å². The van der Waals surface area contributed by atoms with Crippen LogP contribution in [0, 0.1) is 10.8 Å². The molecule has 5 nitrogen and oxygen atoms in total. The van der Waals surface area contributed by atoms with Gasteiger partial charge < -0.3 is 14.4 Å². The first kappa shape index (κ1) is 28.4. The molecule has 0 bridgehead atoms. The van der Waals surface area contributed by atoms with E-state index in [0.717, 1.165) is 46.9 Å². The zero-order valence-electron chi connectivity index (χ0n) is 24.5. The minimum Gasteiger partial charge on any atom is -0.490 e. The summed E-state index contributed by atoms with van der Waals surface area (Å²) in [5.41, 5.74) is 4.71. The zero-order valence-corrected chi connectivity index (χ0v) is 26.1. The summed E-state index contributed by atoms with van der Waals surface area (Å²) in [6.07, 6.45) is 8.60. The fraction of sp³-hybridized carbons (Fsp3) is 0.636. The molecule has 0 amide bonds. The highest BCUT2D eigenvalue weighted by molar-refractivity contribution is 9.10. The lowest BCUT2D eigenvalue weighted by Crippen LogP contribution is -2.48. The first-order chi connectivity index (χ1) is 18.5. The van der Waals surface area contributed by atoms with Gasteiger partial charge in [0, 0.05) is 47.3 Å². The van der Waals surface area contributed by atoms with E-state index in [-0.39, 0.29) is 28.3 Å². The van der Waals surface area contributed by atoms with Crippen molar-refractivity contribution < 1.29 is 19.1 Å². The van der Waals surface area contributed by atoms with Crippen molar-refractivity contribution in [2.45, 2.75) is 111 Å². The van der Waals surface area contributed by atoms with E-state index in [1.807, 2.05) is 26.0 Å². The van der Waals surface area contributed by atoms with E-state index in [0.29, 0.717) is 43.6 Å². The van der Waals surface area contributed by atoms with Gasteiger partial charge in [0.05, 0.1) is 17.7 Å². The third-order valence-electron chi connectivity index (χ3n) is 8.85. The van der Waals surface area contributed by atoms with E-state index >= 15 is 0 Å². The summed E-state index contributed by atoms with van der Waals surface area (Å²) in [6, 6.07) is 4.41. The highest BCUT2D eigenvalue weighted by Gasteiger charge is 2.50. The maximum absolute atomic E-state index is 14.1. The van der Waals surface area contributed by atoms with E-state index in [1.165, 1.54) is 30.7 Å². The number of rotatable bonds is 6. The monoisotopic (exact) mass is 597 g/mol. The Balaban J connectivity index is 1.78. The molecular weight excluding hydrogens is 554 g/mol. The molecule has 0 N–H and O–H groups in total. The van der Waals surface area contributed by atoms with Gasteiger partial charge in [0.25, 0.3) is 0 Å². The molecule has 1 fully saturated rings. The minimum absolute atomic E-state index is 0.116. The molecule has 1 saturated carbocycles. The van der Waals surface area contributed by atoms with Crippen molar-refractivity contribution in [1.29, 1.82) is 0 Å². The second-order valence-corrected chi connectivity index (χ2v) is 14.2. The number of Topliss-reactive ketones (excluding diaryl/α,β-unsaturated/α-hetero) is 2. The number of nitrogens with zero attached hydrogens (tertiary/aromatic N) is 1. The van der Waals surface area contributed by atoms with Crippen LogP contribution in [0.3, 0.4) is 0 Å². The summed E-state index contributed by atoms with van der Waals surface area (Å²) in [6.45, 7) is 13.8.